The number of hydrogen-bond acceptors (Lipinski definition) is 2. The second-order valence-electron chi connectivity index (χ2n) is 7.75. The van der Waals surface area contributed by atoms with E-state index in [-0.39, 0.29) is 0 Å². The molecule has 0 aliphatic rings. The van der Waals surface area contributed by atoms with Crippen molar-refractivity contribution in [2.75, 3.05) is 5.32 Å². The van der Waals surface area contributed by atoms with Gasteiger partial charge in [-0.1, -0.05) is 72.3 Å². The SMILES string of the molecule is Cc1ccc(CNc2cc(-c3ccc(-c4ccc(C)c(C)c4)cc3)nn2C)cc1. The minimum absolute atomic E-state index is 0.783. The summed E-state index contributed by atoms with van der Waals surface area (Å²) in [5.41, 5.74) is 9.76. The lowest BCUT2D eigenvalue weighted by Gasteiger charge is -2.06. The van der Waals surface area contributed by atoms with E-state index in [1.165, 1.54) is 33.4 Å². The summed E-state index contributed by atoms with van der Waals surface area (Å²) in [5, 5.41) is 8.18. The van der Waals surface area contributed by atoms with Crippen LogP contribution < -0.4 is 5.32 Å². The Labute approximate surface area is 173 Å². The minimum atomic E-state index is 0.783. The van der Waals surface area contributed by atoms with Crippen molar-refractivity contribution in [3.8, 4) is 22.4 Å². The van der Waals surface area contributed by atoms with E-state index in [4.69, 9.17) is 0 Å². The quantitative estimate of drug-likeness (QED) is 0.440. The maximum atomic E-state index is 4.69. The Morgan fingerprint density at radius 2 is 1.38 bits per heavy atom. The summed E-state index contributed by atoms with van der Waals surface area (Å²) >= 11 is 0. The van der Waals surface area contributed by atoms with Gasteiger partial charge in [-0.2, -0.15) is 5.10 Å². The van der Waals surface area contributed by atoms with E-state index in [1.807, 2.05) is 11.7 Å². The summed E-state index contributed by atoms with van der Waals surface area (Å²) in [4.78, 5) is 0. The molecule has 4 aromatic rings. The monoisotopic (exact) mass is 381 g/mol. The van der Waals surface area contributed by atoms with Crippen LogP contribution in [0.4, 0.5) is 5.82 Å². The Bertz CT molecular complexity index is 1120. The van der Waals surface area contributed by atoms with Crippen LogP contribution in [-0.2, 0) is 13.6 Å². The Hall–Kier alpha value is -3.33. The van der Waals surface area contributed by atoms with Gasteiger partial charge < -0.3 is 5.32 Å². The Balaban J connectivity index is 1.50. The molecule has 3 nitrogen and oxygen atoms in total. The molecule has 3 aromatic carbocycles. The van der Waals surface area contributed by atoms with Gasteiger partial charge in [0.1, 0.15) is 5.82 Å². The number of anilines is 1. The van der Waals surface area contributed by atoms with E-state index in [9.17, 15) is 0 Å². The van der Waals surface area contributed by atoms with Crippen molar-refractivity contribution in [2.24, 2.45) is 7.05 Å². The van der Waals surface area contributed by atoms with E-state index in [0.717, 1.165) is 23.6 Å². The van der Waals surface area contributed by atoms with Gasteiger partial charge in [-0.3, -0.25) is 4.68 Å². The fourth-order valence-corrected chi connectivity index (χ4v) is 3.43. The largest absolute Gasteiger partial charge is 0.366 e. The van der Waals surface area contributed by atoms with E-state index in [0.29, 0.717) is 0 Å². The van der Waals surface area contributed by atoms with Crippen molar-refractivity contribution in [2.45, 2.75) is 27.3 Å². The van der Waals surface area contributed by atoms with Gasteiger partial charge in [0.2, 0.25) is 0 Å². The Kier molecular flexibility index (Phi) is 5.22. The third-order valence-corrected chi connectivity index (χ3v) is 5.49. The van der Waals surface area contributed by atoms with E-state index >= 15 is 0 Å². The number of hydrogen-bond donors (Lipinski definition) is 1. The lowest BCUT2D eigenvalue weighted by molar-refractivity contribution is 0.772. The molecule has 0 saturated heterocycles. The Morgan fingerprint density at radius 3 is 2.07 bits per heavy atom. The molecule has 1 aromatic heterocycles. The lowest BCUT2D eigenvalue weighted by atomic mass is 9.99. The molecular formula is C26H27N3. The maximum absolute atomic E-state index is 4.69. The maximum Gasteiger partial charge on any atom is 0.124 e. The molecule has 4 rings (SSSR count). The van der Waals surface area contributed by atoms with E-state index in [1.54, 1.807) is 0 Å². The summed E-state index contributed by atoms with van der Waals surface area (Å²) in [7, 11) is 1.98. The summed E-state index contributed by atoms with van der Waals surface area (Å²) in [6.07, 6.45) is 0. The summed E-state index contributed by atoms with van der Waals surface area (Å²) in [6, 6.07) is 26.0. The molecule has 0 atom stereocenters. The van der Waals surface area contributed by atoms with Crippen LogP contribution in [0.25, 0.3) is 22.4 Å². The number of benzene rings is 3. The molecule has 3 heteroatoms. The molecule has 29 heavy (non-hydrogen) atoms. The van der Waals surface area contributed by atoms with Gasteiger partial charge in [-0.15, -0.1) is 0 Å². The first-order valence-corrected chi connectivity index (χ1v) is 10.0. The molecular weight excluding hydrogens is 354 g/mol. The van der Waals surface area contributed by atoms with Gasteiger partial charge in [-0.05, 0) is 48.6 Å². The first-order valence-electron chi connectivity index (χ1n) is 10.0. The molecule has 0 spiro atoms. The number of aryl methyl sites for hydroxylation is 4. The minimum Gasteiger partial charge on any atom is -0.366 e. The van der Waals surface area contributed by atoms with Crippen LogP contribution in [-0.4, -0.2) is 9.78 Å². The van der Waals surface area contributed by atoms with Crippen LogP contribution >= 0.6 is 0 Å². The normalized spacial score (nSPS) is 10.9. The zero-order chi connectivity index (χ0) is 20.4. The predicted octanol–water partition coefficient (Wildman–Crippen LogP) is 6.29. The molecule has 0 unspecified atom stereocenters. The topological polar surface area (TPSA) is 29.9 Å². The van der Waals surface area contributed by atoms with Crippen molar-refractivity contribution >= 4 is 5.82 Å². The number of nitrogens with zero attached hydrogens (tertiary/aromatic N) is 2. The van der Waals surface area contributed by atoms with Gasteiger partial charge in [0.15, 0.2) is 0 Å². The van der Waals surface area contributed by atoms with Crippen molar-refractivity contribution in [3.63, 3.8) is 0 Å². The van der Waals surface area contributed by atoms with Crippen LogP contribution in [0.2, 0.25) is 0 Å². The smallest absolute Gasteiger partial charge is 0.124 e. The first kappa shape index (κ1) is 19.0. The standard InChI is InChI=1S/C26H27N3/c1-18-5-8-21(9-6-18)17-27-26-16-25(28-29(26)4)23-13-11-22(12-14-23)24-10-7-19(2)20(3)15-24/h5-16,27H,17H2,1-4H3. The van der Waals surface area contributed by atoms with Crippen LogP contribution in [0.15, 0.2) is 72.8 Å². The molecule has 146 valence electrons. The van der Waals surface area contributed by atoms with Crippen molar-refractivity contribution in [1.29, 1.82) is 0 Å². The highest BCUT2D eigenvalue weighted by atomic mass is 15.3. The fraction of sp³-hybridized carbons (Fsp3) is 0.192. The van der Waals surface area contributed by atoms with Gasteiger partial charge in [0, 0.05) is 25.2 Å². The second kappa shape index (κ2) is 7.96. The third kappa shape index (κ3) is 4.24. The molecule has 1 heterocycles. The molecule has 0 bridgehead atoms. The predicted molar refractivity (Wildman–Crippen MR) is 122 cm³/mol. The summed E-state index contributed by atoms with van der Waals surface area (Å²) in [5.74, 6) is 1.01. The lowest BCUT2D eigenvalue weighted by Crippen LogP contribution is -2.04. The average Bonchev–Trinajstić information content (AvgIpc) is 3.10. The number of rotatable bonds is 5. The summed E-state index contributed by atoms with van der Waals surface area (Å²) in [6.45, 7) is 7.20. The molecule has 0 saturated carbocycles. The van der Waals surface area contributed by atoms with Crippen molar-refractivity contribution in [3.05, 3.63) is 95.1 Å². The third-order valence-electron chi connectivity index (χ3n) is 5.49. The van der Waals surface area contributed by atoms with Gasteiger partial charge in [0.05, 0.1) is 5.69 Å². The Morgan fingerprint density at radius 1 is 0.724 bits per heavy atom. The van der Waals surface area contributed by atoms with Crippen LogP contribution in [0.5, 0.6) is 0 Å². The zero-order valence-electron chi connectivity index (χ0n) is 17.5. The number of aromatic nitrogens is 2. The van der Waals surface area contributed by atoms with Crippen LogP contribution in [0, 0.1) is 20.8 Å². The second-order valence-corrected chi connectivity index (χ2v) is 7.75. The van der Waals surface area contributed by atoms with Gasteiger partial charge in [-0.25, -0.2) is 0 Å². The van der Waals surface area contributed by atoms with Gasteiger partial charge in [0.25, 0.3) is 0 Å². The highest BCUT2D eigenvalue weighted by Crippen LogP contribution is 2.27. The molecule has 0 fully saturated rings. The molecule has 0 radical (unpaired) electrons. The van der Waals surface area contributed by atoms with E-state index < -0.39 is 0 Å². The number of nitrogens with one attached hydrogen (secondary N) is 1. The molecule has 0 aliphatic heterocycles. The highest BCUT2D eigenvalue weighted by Gasteiger charge is 2.08. The van der Waals surface area contributed by atoms with Crippen LogP contribution in [0.1, 0.15) is 22.3 Å². The molecule has 0 aliphatic carbocycles. The summed E-state index contributed by atoms with van der Waals surface area (Å²) < 4.78 is 1.90. The zero-order valence-corrected chi connectivity index (χ0v) is 17.5. The first-order chi connectivity index (χ1) is 14.0. The molecule has 1 N–H and O–H groups in total. The van der Waals surface area contributed by atoms with Crippen molar-refractivity contribution < 1.29 is 0 Å². The highest BCUT2D eigenvalue weighted by molar-refractivity contribution is 5.70. The fourth-order valence-electron chi connectivity index (χ4n) is 3.43. The molecule has 0 amide bonds. The van der Waals surface area contributed by atoms with E-state index in [2.05, 4.69) is 104 Å². The van der Waals surface area contributed by atoms with Gasteiger partial charge >= 0.3 is 0 Å². The van der Waals surface area contributed by atoms with Crippen LogP contribution in [0.3, 0.4) is 0 Å². The van der Waals surface area contributed by atoms with Crippen molar-refractivity contribution in [1.82, 2.24) is 9.78 Å². The average molecular weight is 382 g/mol.